The summed E-state index contributed by atoms with van der Waals surface area (Å²) in [4.78, 5) is 0. The summed E-state index contributed by atoms with van der Waals surface area (Å²) in [5, 5.41) is 10.9. The number of thioether (sulfide) groups is 2. The lowest BCUT2D eigenvalue weighted by Crippen LogP contribution is -2.50. The van der Waals surface area contributed by atoms with Gasteiger partial charge in [-0.3, -0.25) is 0 Å². The minimum absolute atomic E-state index is 0.108. The third-order valence-corrected chi connectivity index (χ3v) is 10.8. The van der Waals surface area contributed by atoms with E-state index < -0.39 is 5.79 Å². The summed E-state index contributed by atoms with van der Waals surface area (Å²) in [7, 11) is 0. The predicted molar refractivity (Wildman–Crippen MR) is 129 cm³/mol. The van der Waals surface area contributed by atoms with Crippen LogP contribution in [-0.2, 0) is 9.47 Å². The lowest BCUT2D eigenvalue weighted by molar-refractivity contribution is -0.316. The first-order valence-electron chi connectivity index (χ1n) is 12.3. The summed E-state index contributed by atoms with van der Waals surface area (Å²) < 4.78 is 13.8. The summed E-state index contributed by atoms with van der Waals surface area (Å²) in [5.74, 6) is 3.51. The van der Waals surface area contributed by atoms with Gasteiger partial charge in [-0.15, -0.1) is 23.5 Å². The van der Waals surface area contributed by atoms with E-state index in [2.05, 4.69) is 49.5 Å². The molecule has 0 aromatic heterocycles. The lowest BCUT2D eigenvalue weighted by Gasteiger charge is -2.45. The molecule has 2 aliphatic heterocycles. The molecule has 3 unspecified atom stereocenters. The van der Waals surface area contributed by atoms with Crippen LogP contribution in [0, 0.1) is 23.2 Å². The molecule has 5 heteroatoms. The van der Waals surface area contributed by atoms with Crippen molar-refractivity contribution < 1.29 is 14.6 Å². The Balaban J connectivity index is 1.42. The first-order valence-corrected chi connectivity index (χ1v) is 14.4. The van der Waals surface area contributed by atoms with Crippen LogP contribution in [0.1, 0.15) is 78.1 Å². The minimum Gasteiger partial charge on any atom is -0.389 e. The van der Waals surface area contributed by atoms with Gasteiger partial charge in [0.25, 0.3) is 0 Å². The molecule has 172 valence electrons. The van der Waals surface area contributed by atoms with E-state index in [0.717, 1.165) is 30.6 Å². The van der Waals surface area contributed by atoms with Crippen molar-refractivity contribution in [3.63, 3.8) is 0 Å². The Hall–Kier alpha value is 0.320. The molecule has 3 atom stereocenters. The van der Waals surface area contributed by atoms with Crippen LogP contribution in [0.5, 0.6) is 0 Å². The third-order valence-electron chi connectivity index (χ3n) is 7.66. The largest absolute Gasteiger partial charge is 0.389 e. The smallest absolute Gasteiger partial charge is 0.171 e. The van der Waals surface area contributed by atoms with Gasteiger partial charge in [-0.25, -0.2) is 0 Å². The molecule has 30 heavy (non-hydrogen) atoms. The highest BCUT2D eigenvalue weighted by Crippen LogP contribution is 2.51. The zero-order valence-electron chi connectivity index (χ0n) is 19.0. The van der Waals surface area contributed by atoms with E-state index in [9.17, 15) is 5.11 Å². The summed E-state index contributed by atoms with van der Waals surface area (Å²) in [6, 6.07) is 0. The van der Waals surface area contributed by atoms with Crippen LogP contribution in [0.4, 0.5) is 0 Å². The Kier molecular flexibility index (Phi) is 8.22. The molecule has 4 fully saturated rings. The van der Waals surface area contributed by atoms with E-state index in [1.807, 2.05) is 0 Å². The van der Waals surface area contributed by atoms with Crippen LogP contribution >= 0.6 is 23.5 Å². The number of aliphatic hydroxyl groups excluding tert-OH is 1. The molecule has 3 nitrogen and oxygen atoms in total. The van der Waals surface area contributed by atoms with Gasteiger partial charge in [0, 0.05) is 29.3 Å². The topological polar surface area (TPSA) is 38.7 Å². The average Bonchev–Trinajstić information content (AvgIpc) is 3.27. The van der Waals surface area contributed by atoms with Crippen LogP contribution in [0.3, 0.4) is 0 Å². The van der Waals surface area contributed by atoms with Gasteiger partial charge in [-0.1, -0.05) is 51.7 Å². The summed E-state index contributed by atoms with van der Waals surface area (Å²) >= 11 is 4.25. The lowest BCUT2D eigenvalue weighted by atomic mass is 9.85. The molecule has 0 aromatic rings. The molecule has 0 bridgehead atoms. The molecule has 0 amide bonds. The second-order valence-corrected chi connectivity index (χ2v) is 13.7. The molecule has 2 saturated carbocycles. The molecule has 4 aliphatic rings. The van der Waals surface area contributed by atoms with Crippen LogP contribution in [0.25, 0.3) is 0 Å². The quantitative estimate of drug-likeness (QED) is 0.379. The third kappa shape index (κ3) is 5.81. The number of rotatable bonds is 6. The number of hydrogen-bond acceptors (Lipinski definition) is 5. The van der Waals surface area contributed by atoms with Crippen molar-refractivity contribution in [3.05, 3.63) is 12.2 Å². The van der Waals surface area contributed by atoms with E-state index in [0.29, 0.717) is 17.8 Å². The Labute approximate surface area is 192 Å². The van der Waals surface area contributed by atoms with Crippen LogP contribution < -0.4 is 0 Å². The highest BCUT2D eigenvalue weighted by Gasteiger charge is 2.52. The van der Waals surface area contributed by atoms with Crippen molar-refractivity contribution in [2.45, 2.75) is 94.5 Å². The first kappa shape index (κ1) is 23.5. The van der Waals surface area contributed by atoms with Crippen molar-refractivity contribution in [1.82, 2.24) is 0 Å². The predicted octanol–water partition coefficient (Wildman–Crippen LogP) is 6.26. The average molecular weight is 455 g/mol. The van der Waals surface area contributed by atoms with Crippen LogP contribution in [0.2, 0.25) is 0 Å². The second kappa shape index (κ2) is 10.5. The van der Waals surface area contributed by atoms with Crippen molar-refractivity contribution in [3.8, 4) is 0 Å². The minimum atomic E-state index is -0.397. The second-order valence-electron chi connectivity index (χ2n) is 10.7. The molecule has 2 heterocycles. The molecular formula is C25H42O3S2. The molecule has 0 radical (unpaired) electrons. The van der Waals surface area contributed by atoms with Crippen molar-refractivity contribution in [2.24, 2.45) is 23.2 Å². The number of hydrogen-bond donors (Lipinski definition) is 1. The highest BCUT2D eigenvalue weighted by molar-refractivity contribution is 8.20. The van der Waals surface area contributed by atoms with Gasteiger partial charge in [-0.05, 0) is 43.9 Å². The zero-order chi connectivity index (χ0) is 21.0. The number of allylic oxidation sites excluding steroid dienone is 1. The van der Waals surface area contributed by atoms with Gasteiger partial charge < -0.3 is 14.6 Å². The summed E-state index contributed by atoms with van der Waals surface area (Å²) in [5.41, 5.74) is 0.108. The molecule has 4 rings (SSSR count). The maximum Gasteiger partial charge on any atom is 0.171 e. The number of aliphatic hydroxyl groups is 1. The van der Waals surface area contributed by atoms with Gasteiger partial charge >= 0.3 is 0 Å². The molecule has 1 spiro atoms. The van der Waals surface area contributed by atoms with E-state index in [4.69, 9.17) is 9.47 Å². The Morgan fingerprint density at radius 2 is 1.63 bits per heavy atom. The fraction of sp³-hybridized carbons (Fsp3) is 0.920. The monoisotopic (exact) mass is 454 g/mol. The number of ether oxygens (including phenoxy) is 2. The Morgan fingerprint density at radius 1 is 0.967 bits per heavy atom. The van der Waals surface area contributed by atoms with Gasteiger partial charge in [0.05, 0.1) is 23.9 Å². The van der Waals surface area contributed by atoms with E-state index in [1.54, 1.807) is 0 Å². The maximum absolute atomic E-state index is 10.9. The van der Waals surface area contributed by atoms with Gasteiger partial charge in [0.15, 0.2) is 5.79 Å². The van der Waals surface area contributed by atoms with E-state index in [-0.39, 0.29) is 11.5 Å². The SMILES string of the molecule is CC1(C)COC2(CCC(/C=C/C(O)C3CCCCCC3)C2CCC2SCCS2)OC1. The van der Waals surface area contributed by atoms with Crippen molar-refractivity contribution >= 4 is 23.5 Å². The summed E-state index contributed by atoms with van der Waals surface area (Å²) in [6.07, 6.45) is 16.3. The molecular weight excluding hydrogens is 412 g/mol. The maximum atomic E-state index is 10.9. The fourth-order valence-electron chi connectivity index (χ4n) is 5.78. The van der Waals surface area contributed by atoms with Crippen molar-refractivity contribution in [2.75, 3.05) is 24.7 Å². The van der Waals surface area contributed by atoms with Crippen molar-refractivity contribution in [1.29, 1.82) is 0 Å². The summed E-state index contributed by atoms with van der Waals surface area (Å²) in [6.45, 7) is 6.04. The standard InChI is InChI=1S/C25H42O3S2/c1-24(2)17-27-25(28-18-24)14-13-19(21(25)10-12-23-29-15-16-30-23)9-11-22(26)20-7-5-3-4-6-8-20/h9,11,19-23,26H,3-8,10,12-18H2,1-2H3/b11-9+. The van der Waals surface area contributed by atoms with E-state index in [1.165, 1.54) is 62.9 Å². The fourth-order valence-corrected chi connectivity index (χ4v) is 8.64. The molecule has 2 saturated heterocycles. The first-order chi connectivity index (χ1) is 14.5. The van der Waals surface area contributed by atoms with E-state index >= 15 is 0 Å². The van der Waals surface area contributed by atoms with Gasteiger partial charge in [-0.2, -0.15) is 0 Å². The molecule has 1 N–H and O–H groups in total. The molecule has 2 aliphatic carbocycles. The molecule has 0 aromatic carbocycles. The van der Waals surface area contributed by atoms with Gasteiger partial charge in [0.1, 0.15) is 0 Å². The Morgan fingerprint density at radius 3 is 2.30 bits per heavy atom. The van der Waals surface area contributed by atoms with Gasteiger partial charge in [0.2, 0.25) is 0 Å². The van der Waals surface area contributed by atoms with Crippen LogP contribution in [0.15, 0.2) is 12.2 Å². The van der Waals surface area contributed by atoms with Crippen LogP contribution in [-0.4, -0.2) is 46.3 Å². The zero-order valence-corrected chi connectivity index (χ0v) is 20.7. The highest BCUT2D eigenvalue weighted by atomic mass is 32.2. The Bertz CT molecular complexity index is 555. The normalized spacial score (nSPS) is 34.0.